The summed E-state index contributed by atoms with van der Waals surface area (Å²) >= 11 is 1.48. The van der Waals surface area contributed by atoms with Gasteiger partial charge in [-0.25, -0.2) is 4.98 Å². The van der Waals surface area contributed by atoms with Crippen molar-refractivity contribution in [2.24, 2.45) is 7.05 Å². The maximum absolute atomic E-state index is 13.3. The number of hydrogen-bond acceptors (Lipinski definition) is 4. The van der Waals surface area contributed by atoms with Crippen molar-refractivity contribution in [1.82, 2.24) is 9.55 Å². The van der Waals surface area contributed by atoms with Crippen LogP contribution in [0, 0.1) is 0 Å². The number of benzene rings is 2. The molecule has 0 aliphatic heterocycles. The monoisotopic (exact) mass is 389 g/mol. The Morgan fingerprint density at radius 3 is 2.57 bits per heavy atom. The number of amides is 1. The fraction of sp³-hybridized carbons (Fsp3) is 0.136. The Bertz CT molecular complexity index is 1150. The normalized spacial score (nSPS) is 10.9. The number of carbonyl (C=O) groups excluding carboxylic acids is 1. The second-order valence-electron chi connectivity index (χ2n) is 6.52. The van der Waals surface area contributed by atoms with Gasteiger partial charge in [-0.2, -0.15) is 0 Å². The van der Waals surface area contributed by atoms with Crippen molar-refractivity contribution < 1.29 is 4.79 Å². The number of thiazole rings is 1. The molecule has 4 rings (SSSR count). The first-order chi connectivity index (χ1) is 13.6. The molecule has 0 spiro atoms. The molecule has 6 heteroatoms. The van der Waals surface area contributed by atoms with E-state index in [1.807, 2.05) is 54.6 Å². The minimum absolute atomic E-state index is 0.210. The third kappa shape index (κ3) is 3.73. The summed E-state index contributed by atoms with van der Waals surface area (Å²) in [5.74, 6) is -0.215. The maximum Gasteiger partial charge on any atom is 0.260 e. The molecule has 0 saturated carbocycles. The third-order valence-corrected chi connectivity index (χ3v) is 5.64. The van der Waals surface area contributed by atoms with Crippen LogP contribution in [0.3, 0.4) is 0 Å². The van der Waals surface area contributed by atoms with Crippen molar-refractivity contribution in [3.63, 3.8) is 0 Å². The highest BCUT2D eigenvalue weighted by Crippen LogP contribution is 2.29. The topological polar surface area (TPSA) is 55.2 Å². The molecule has 0 saturated heterocycles. The molecule has 0 unspecified atom stereocenters. The maximum atomic E-state index is 13.3. The van der Waals surface area contributed by atoms with Gasteiger partial charge < -0.3 is 4.57 Å². The van der Waals surface area contributed by atoms with Gasteiger partial charge in [-0.1, -0.05) is 53.8 Å². The number of hydrogen-bond donors (Lipinski definition) is 0. The van der Waals surface area contributed by atoms with E-state index in [2.05, 4.69) is 4.98 Å². The molecule has 2 heterocycles. The summed E-state index contributed by atoms with van der Waals surface area (Å²) in [6, 6.07) is 20.9. The molecule has 0 aliphatic carbocycles. The number of anilines is 1. The largest absolute Gasteiger partial charge is 0.319 e. The van der Waals surface area contributed by atoms with Crippen LogP contribution in [0.5, 0.6) is 0 Å². The van der Waals surface area contributed by atoms with Crippen LogP contribution in [0.25, 0.3) is 10.2 Å². The number of aromatic nitrogens is 2. The number of fused-ring (bicyclic) bond motifs is 1. The van der Waals surface area contributed by atoms with Gasteiger partial charge in [0.25, 0.3) is 11.5 Å². The molecule has 2 aromatic heterocycles. The van der Waals surface area contributed by atoms with Gasteiger partial charge in [0.05, 0.1) is 10.2 Å². The Kier molecular flexibility index (Phi) is 5.04. The van der Waals surface area contributed by atoms with Gasteiger partial charge in [-0.3, -0.25) is 14.5 Å². The fourth-order valence-corrected chi connectivity index (χ4v) is 3.97. The first-order valence-electron chi connectivity index (χ1n) is 9.00. The smallest absolute Gasteiger partial charge is 0.260 e. The van der Waals surface area contributed by atoms with Gasteiger partial charge in [-0.05, 0) is 30.2 Å². The van der Waals surface area contributed by atoms with Crippen molar-refractivity contribution in [1.29, 1.82) is 0 Å². The lowest BCUT2D eigenvalue weighted by Crippen LogP contribution is -2.34. The Labute approximate surface area is 166 Å². The van der Waals surface area contributed by atoms with Crippen molar-refractivity contribution >= 4 is 32.6 Å². The molecule has 4 aromatic rings. The molecule has 0 fully saturated rings. The highest BCUT2D eigenvalue weighted by molar-refractivity contribution is 7.22. The number of para-hydroxylation sites is 1. The van der Waals surface area contributed by atoms with Gasteiger partial charge >= 0.3 is 0 Å². The molecule has 0 N–H and O–H groups in total. The van der Waals surface area contributed by atoms with Crippen LogP contribution in [-0.2, 0) is 13.5 Å². The number of aryl methyl sites for hydroxylation is 1. The average Bonchev–Trinajstić information content (AvgIpc) is 3.14. The average molecular weight is 389 g/mol. The quantitative estimate of drug-likeness (QED) is 0.520. The molecular weight excluding hydrogens is 370 g/mol. The first-order valence-corrected chi connectivity index (χ1v) is 9.81. The van der Waals surface area contributed by atoms with Gasteiger partial charge in [0.2, 0.25) is 0 Å². The van der Waals surface area contributed by atoms with Crippen molar-refractivity contribution in [3.8, 4) is 0 Å². The lowest BCUT2D eigenvalue weighted by Gasteiger charge is -2.20. The van der Waals surface area contributed by atoms with E-state index in [0.29, 0.717) is 23.7 Å². The van der Waals surface area contributed by atoms with E-state index in [-0.39, 0.29) is 11.5 Å². The minimum Gasteiger partial charge on any atom is -0.319 e. The molecular formula is C22H19N3O2S. The Hall–Kier alpha value is -3.25. The molecule has 28 heavy (non-hydrogen) atoms. The van der Waals surface area contributed by atoms with E-state index in [4.69, 9.17) is 0 Å². The van der Waals surface area contributed by atoms with Crippen LogP contribution in [0.4, 0.5) is 5.13 Å². The first kappa shape index (κ1) is 18.1. The lowest BCUT2D eigenvalue weighted by molar-refractivity contribution is 0.0987. The number of carbonyl (C=O) groups is 1. The molecule has 5 nitrogen and oxygen atoms in total. The van der Waals surface area contributed by atoms with Gasteiger partial charge in [0, 0.05) is 31.4 Å². The standard InChI is InChI=1S/C22H19N3O2S/c1-24-13-12-17(15-20(24)26)21(27)25(14-11-16-7-3-2-4-8-16)22-23-18-9-5-6-10-19(18)28-22/h2-10,12-13,15H,11,14H2,1H3. The van der Waals surface area contributed by atoms with Crippen LogP contribution in [0.1, 0.15) is 15.9 Å². The molecule has 2 aromatic carbocycles. The summed E-state index contributed by atoms with van der Waals surface area (Å²) in [7, 11) is 1.66. The van der Waals surface area contributed by atoms with E-state index >= 15 is 0 Å². The van der Waals surface area contributed by atoms with E-state index in [0.717, 1.165) is 15.8 Å². The summed E-state index contributed by atoms with van der Waals surface area (Å²) in [6.07, 6.45) is 2.32. The highest BCUT2D eigenvalue weighted by atomic mass is 32.1. The zero-order valence-electron chi connectivity index (χ0n) is 15.4. The molecule has 0 radical (unpaired) electrons. The number of rotatable bonds is 5. The molecule has 0 bridgehead atoms. The van der Waals surface area contributed by atoms with Crippen LogP contribution < -0.4 is 10.5 Å². The SMILES string of the molecule is Cn1ccc(C(=O)N(CCc2ccccc2)c2nc3ccccc3s2)cc1=O. The second kappa shape index (κ2) is 7.78. The molecule has 1 amide bonds. The molecule has 0 atom stereocenters. The number of pyridine rings is 1. The summed E-state index contributed by atoms with van der Waals surface area (Å²) in [5, 5.41) is 0.641. The van der Waals surface area contributed by atoms with Crippen LogP contribution in [-0.4, -0.2) is 22.0 Å². The number of nitrogens with zero attached hydrogens (tertiary/aromatic N) is 3. The third-order valence-electron chi connectivity index (χ3n) is 4.58. The summed E-state index contributed by atoms with van der Waals surface area (Å²) in [5.41, 5.74) is 2.17. The fourth-order valence-electron chi connectivity index (χ4n) is 2.98. The lowest BCUT2D eigenvalue weighted by atomic mass is 10.1. The van der Waals surface area contributed by atoms with Crippen molar-refractivity contribution in [3.05, 3.63) is 94.4 Å². The highest BCUT2D eigenvalue weighted by Gasteiger charge is 2.21. The summed E-state index contributed by atoms with van der Waals surface area (Å²) in [6.45, 7) is 0.484. The molecule has 140 valence electrons. The van der Waals surface area contributed by atoms with Gasteiger partial charge in [0.1, 0.15) is 0 Å². The van der Waals surface area contributed by atoms with E-state index in [9.17, 15) is 9.59 Å². The van der Waals surface area contributed by atoms with Crippen molar-refractivity contribution in [2.45, 2.75) is 6.42 Å². The van der Waals surface area contributed by atoms with Gasteiger partial charge in [-0.15, -0.1) is 0 Å². The summed E-state index contributed by atoms with van der Waals surface area (Å²) in [4.78, 5) is 31.6. The zero-order valence-corrected chi connectivity index (χ0v) is 16.2. The summed E-state index contributed by atoms with van der Waals surface area (Å²) < 4.78 is 2.47. The predicted molar refractivity (Wildman–Crippen MR) is 113 cm³/mol. The van der Waals surface area contributed by atoms with E-state index in [1.54, 1.807) is 24.2 Å². The van der Waals surface area contributed by atoms with Gasteiger partial charge in [0.15, 0.2) is 5.13 Å². The Morgan fingerprint density at radius 2 is 1.82 bits per heavy atom. The minimum atomic E-state index is -0.215. The molecule has 0 aliphatic rings. The second-order valence-corrected chi connectivity index (χ2v) is 7.53. The zero-order chi connectivity index (χ0) is 19.5. The Morgan fingerprint density at radius 1 is 1.07 bits per heavy atom. The van der Waals surface area contributed by atoms with Crippen molar-refractivity contribution in [2.75, 3.05) is 11.4 Å². The van der Waals surface area contributed by atoms with Crippen LogP contribution >= 0.6 is 11.3 Å². The van der Waals surface area contributed by atoms with E-state index in [1.165, 1.54) is 22.0 Å². The predicted octanol–water partition coefficient (Wildman–Crippen LogP) is 3.88. The Balaban J connectivity index is 1.70. The van der Waals surface area contributed by atoms with E-state index < -0.39 is 0 Å². The van der Waals surface area contributed by atoms with Crippen LogP contribution in [0.15, 0.2) is 77.7 Å². The van der Waals surface area contributed by atoms with Crippen LogP contribution in [0.2, 0.25) is 0 Å².